The molecular weight excluding hydrogens is 278 g/mol. The zero-order valence-corrected chi connectivity index (χ0v) is 14.1. The fourth-order valence-electron chi connectivity index (χ4n) is 1.73. The molecule has 0 spiro atoms. The summed E-state index contributed by atoms with van der Waals surface area (Å²) in [5, 5.41) is 0. The third-order valence-electron chi connectivity index (χ3n) is 3.89. The SMILES string of the molecule is C=C(/C=C\C(=C)C(C)CCC(C)CC)C(=C)/C=C(/F)C(=C)F. The summed E-state index contributed by atoms with van der Waals surface area (Å²) in [4.78, 5) is 0. The minimum absolute atomic E-state index is 0.313. The van der Waals surface area contributed by atoms with Crippen molar-refractivity contribution >= 4 is 0 Å². The highest BCUT2D eigenvalue weighted by Gasteiger charge is 2.07. The molecule has 0 aliphatic carbocycles. The lowest BCUT2D eigenvalue weighted by atomic mass is 9.91. The summed E-state index contributed by atoms with van der Waals surface area (Å²) in [5.41, 5.74) is 1.83. The normalized spacial score (nSPS) is 14.7. The van der Waals surface area contributed by atoms with Crippen LogP contribution >= 0.6 is 0 Å². The minimum atomic E-state index is -1.11. The Labute approximate surface area is 134 Å². The lowest BCUT2D eigenvalue weighted by Crippen LogP contribution is -2.00. The van der Waals surface area contributed by atoms with E-state index in [0.717, 1.165) is 24.0 Å². The van der Waals surface area contributed by atoms with E-state index in [9.17, 15) is 8.78 Å². The monoisotopic (exact) mass is 306 g/mol. The molecule has 0 saturated carbocycles. The molecule has 2 heteroatoms. The summed E-state index contributed by atoms with van der Waals surface area (Å²) in [5.74, 6) is -1.04. The molecule has 0 saturated heterocycles. The molecule has 0 aromatic carbocycles. The van der Waals surface area contributed by atoms with Crippen molar-refractivity contribution in [1.29, 1.82) is 0 Å². The van der Waals surface area contributed by atoms with Crippen molar-refractivity contribution in [1.82, 2.24) is 0 Å². The van der Waals surface area contributed by atoms with Gasteiger partial charge in [0, 0.05) is 0 Å². The van der Waals surface area contributed by atoms with Crippen LogP contribution in [0.4, 0.5) is 8.78 Å². The molecule has 0 nitrogen and oxygen atoms in total. The maximum absolute atomic E-state index is 13.1. The van der Waals surface area contributed by atoms with Crippen LogP contribution in [0.1, 0.15) is 40.0 Å². The number of hydrogen-bond acceptors (Lipinski definition) is 0. The van der Waals surface area contributed by atoms with Crippen molar-refractivity contribution < 1.29 is 8.78 Å². The first-order valence-corrected chi connectivity index (χ1v) is 7.66. The molecule has 0 rings (SSSR count). The Hall–Kier alpha value is -1.70. The highest BCUT2D eigenvalue weighted by atomic mass is 19.2. The van der Waals surface area contributed by atoms with Gasteiger partial charge in [0.15, 0.2) is 11.7 Å². The molecule has 0 aliphatic rings. The van der Waals surface area contributed by atoms with Crippen LogP contribution in [0.2, 0.25) is 0 Å². The smallest absolute Gasteiger partial charge is 0.158 e. The van der Waals surface area contributed by atoms with E-state index in [1.807, 2.05) is 6.08 Å². The Morgan fingerprint density at radius 3 is 2.05 bits per heavy atom. The molecule has 0 aliphatic heterocycles. The van der Waals surface area contributed by atoms with Crippen LogP contribution in [0.3, 0.4) is 0 Å². The van der Waals surface area contributed by atoms with Crippen molar-refractivity contribution in [3.8, 4) is 0 Å². The van der Waals surface area contributed by atoms with E-state index in [2.05, 4.69) is 47.1 Å². The van der Waals surface area contributed by atoms with Gasteiger partial charge in [-0.3, -0.25) is 0 Å². The molecule has 0 aromatic heterocycles. The molecule has 0 aromatic rings. The van der Waals surface area contributed by atoms with E-state index in [1.165, 1.54) is 12.8 Å². The maximum Gasteiger partial charge on any atom is 0.158 e. The molecule has 0 radical (unpaired) electrons. The Balaban J connectivity index is 4.54. The minimum Gasteiger partial charge on any atom is -0.204 e. The van der Waals surface area contributed by atoms with Crippen LogP contribution in [-0.2, 0) is 0 Å². The lowest BCUT2D eigenvalue weighted by Gasteiger charge is -2.14. The van der Waals surface area contributed by atoms with Crippen LogP contribution in [0.5, 0.6) is 0 Å². The van der Waals surface area contributed by atoms with Gasteiger partial charge < -0.3 is 0 Å². The first-order chi connectivity index (χ1) is 10.2. The van der Waals surface area contributed by atoms with Gasteiger partial charge in [0.05, 0.1) is 0 Å². The van der Waals surface area contributed by atoms with E-state index >= 15 is 0 Å². The molecule has 122 valence electrons. The average molecular weight is 306 g/mol. The standard InChI is InChI=1S/C20H28F2/c1-8-14(2)9-10-15(3)16(4)11-12-17(5)18(6)13-20(22)19(7)21/h11-15H,4-10H2,1-3H3/b12-11-,20-13+. The molecule has 0 heterocycles. The third-order valence-corrected chi connectivity index (χ3v) is 3.89. The second-order valence-corrected chi connectivity index (χ2v) is 5.85. The fourth-order valence-corrected chi connectivity index (χ4v) is 1.73. The van der Waals surface area contributed by atoms with Crippen molar-refractivity contribution in [2.75, 3.05) is 0 Å². The highest BCUT2D eigenvalue weighted by molar-refractivity contribution is 5.46. The van der Waals surface area contributed by atoms with Gasteiger partial charge in [-0.25, -0.2) is 8.78 Å². The van der Waals surface area contributed by atoms with Gasteiger partial charge in [0.25, 0.3) is 0 Å². The Morgan fingerprint density at radius 2 is 1.55 bits per heavy atom. The van der Waals surface area contributed by atoms with Gasteiger partial charge in [0.2, 0.25) is 0 Å². The molecule has 2 unspecified atom stereocenters. The second kappa shape index (κ2) is 10.1. The number of halogens is 2. The lowest BCUT2D eigenvalue weighted by molar-refractivity contribution is 0.454. The van der Waals surface area contributed by atoms with Crippen molar-refractivity contribution in [3.63, 3.8) is 0 Å². The summed E-state index contributed by atoms with van der Waals surface area (Å²) >= 11 is 0. The Morgan fingerprint density at radius 1 is 0.955 bits per heavy atom. The first kappa shape index (κ1) is 20.3. The molecule has 0 amide bonds. The van der Waals surface area contributed by atoms with Crippen LogP contribution in [-0.4, -0.2) is 0 Å². The molecule has 0 N–H and O–H groups in total. The van der Waals surface area contributed by atoms with Gasteiger partial charge in [-0.2, -0.15) is 0 Å². The zero-order valence-electron chi connectivity index (χ0n) is 14.1. The molecule has 0 fully saturated rings. The van der Waals surface area contributed by atoms with Crippen LogP contribution in [0, 0.1) is 11.8 Å². The first-order valence-electron chi connectivity index (χ1n) is 7.66. The zero-order chi connectivity index (χ0) is 17.3. The number of allylic oxidation sites excluding steroid dienone is 8. The number of rotatable bonds is 10. The van der Waals surface area contributed by atoms with E-state index in [0.29, 0.717) is 17.1 Å². The molecule has 22 heavy (non-hydrogen) atoms. The second-order valence-electron chi connectivity index (χ2n) is 5.85. The summed E-state index contributed by atoms with van der Waals surface area (Å²) < 4.78 is 25.7. The number of hydrogen-bond donors (Lipinski definition) is 0. The van der Waals surface area contributed by atoms with E-state index in [1.54, 1.807) is 6.08 Å². The van der Waals surface area contributed by atoms with Gasteiger partial charge in [-0.1, -0.05) is 77.7 Å². The predicted molar refractivity (Wildman–Crippen MR) is 93.9 cm³/mol. The molecule has 0 bridgehead atoms. The van der Waals surface area contributed by atoms with Crippen LogP contribution < -0.4 is 0 Å². The van der Waals surface area contributed by atoms with Gasteiger partial charge in [0.1, 0.15) is 0 Å². The van der Waals surface area contributed by atoms with Gasteiger partial charge in [-0.15, -0.1) is 0 Å². The Kier molecular flexibility index (Phi) is 9.32. The summed E-state index contributed by atoms with van der Waals surface area (Å²) in [7, 11) is 0. The van der Waals surface area contributed by atoms with Crippen LogP contribution in [0.15, 0.2) is 72.9 Å². The highest BCUT2D eigenvalue weighted by Crippen LogP contribution is 2.22. The van der Waals surface area contributed by atoms with E-state index in [-0.39, 0.29) is 0 Å². The van der Waals surface area contributed by atoms with Crippen molar-refractivity contribution in [2.24, 2.45) is 11.8 Å². The maximum atomic E-state index is 13.1. The van der Waals surface area contributed by atoms with Gasteiger partial charge >= 0.3 is 0 Å². The third kappa shape index (κ3) is 7.92. The topological polar surface area (TPSA) is 0 Å². The summed E-state index contributed by atoms with van der Waals surface area (Å²) in [6, 6.07) is 0. The average Bonchev–Trinajstić information content (AvgIpc) is 2.48. The molecule has 2 atom stereocenters. The van der Waals surface area contributed by atoms with Crippen LogP contribution in [0.25, 0.3) is 0 Å². The van der Waals surface area contributed by atoms with E-state index < -0.39 is 11.7 Å². The largest absolute Gasteiger partial charge is 0.204 e. The fraction of sp³-hybridized carbons (Fsp3) is 0.400. The quantitative estimate of drug-likeness (QED) is 0.381. The summed E-state index contributed by atoms with van der Waals surface area (Å²) in [6.07, 6.45) is 8.03. The van der Waals surface area contributed by atoms with Gasteiger partial charge in [-0.05, 0) is 35.5 Å². The molecular formula is C20H28F2. The predicted octanol–water partition coefficient (Wildman–Crippen LogP) is 7.01. The van der Waals surface area contributed by atoms with E-state index in [4.69, 9.17) is 0 Å². The Bertz CT molecular complexity index is 492. The van der Waals surface area contributed by atoms with Crippen molar-refractivity contribution in [3.05, 3.63) is 72.9 Å². The summed E-state index contributed by atoms with van der Waals surface area (Å²) in [6.45, 7) is 21.0. The van der Waals surface area contributed by atoms with Crippen molar-refractivity contribution in [2.45, 2.75) is 40.0 Å².